The Kier molecular flexibility index (Phi) is 4.60. The van der Waals surface area contributed by atoms with Gasteiger partial charge in [0, 0.05) is 19.1 Å². The highest BCUT2D eigenvalue weighted by Gasteiger charge is 2.37. The fraction of sp³-hybridized carbons (Fsp3) is 1.00. The lowest BCUT2D eigenvalue weighted by Gasteiger charge is -2.46. The molecule has 0 radical (unpaired) electrons. The minimum atomic E-state index is 0.457. The molecule has 0 atom stereocenters. The van der Waals surface area contributed by atoms with Crippen LogP contribution in [0.3, 0.4) is 0 Å². The average Bonchev–Trinajstić information content (AvgIpc) is 2.08. The van der Waals surface area contributed by atoms with Crippen LogP contribution in [0.4, 0.5) is 0 Å². The van der Waals surface area contributed by atoms with Gasteiger partial charge in [-0.2, -0.15) is 0 Å². The van der Waals surface area contributed by atoms with Crippen LogP contribution in [-0.2, 0) is 0 Å². The van der Waals surface area contributed by atoms with E-state index in [0.717, 1.165) is 12.5 Å². The molecule has 2 nitrogen and oxygen atoms in total. The first-order chi connectivity index (χ1) is 6.99. The Bertz CT molecular complexity index is 177. The summed E-state index contributed by atoms with van der Waals surface area (Å²) < 4.78 is 0. The zero-order valence-corrected chi connectivity index (χ0v) is 10.9. The topological polar surface area (TPSA) is 29.3 Å². The lowest BCUT2D eigenvalue weighted by Crippen LogP contribution is -2.49. The number of nitrogens with zero attached hydrogens (tertiary/aromatic N) is 1. The fourth-order valence-corrected chi connectivity index (χ4v) is 2.46. The summed E-state index contributed by atoms with van der Waals surface area (Å²) in [6.45, 7) is 12.5. The van der Waals surface area contributed by atoms with Gasteiger partial charge in [-0.15, -0.1) is 0 Å². The van der Waals surface area contributed by atoms with Gasteiger partial charge in [0.2, 0.25) is 0 Å². The van der Waals surface area contributed by atoms with Crippen LogP contribution in [0.2, 0.25) is 0 Å². The standard InChI is InChI=1S/C13H28N2/c1-11(2)8-15(12(3)4)10-13(9-14)6-5-7-13/h11-12H,5-10,14H2,1-4H3. The van der Waals surface area contributed by atoms with E-state index in [4.69, 9.17) is 5.73 Å². The summed E-state index contributed by atoms with van der Waals surface area (Å²) in [5, 5.41) is 0. The summed E-state index contributed by atoms with van der Waals surface area (Å²) in [7, 11) is 0. The van der Waals surface area contributed by atoms with Gasteiger partial charge in [0.05, 0.1) is 0 Å². The molecule has 1 aliphatic carbocycles. The van der Waals surface area contributed by atoms with Crippen LogP contribution in [-0.4, -0.2) is 30.6 Å². The van der Waals surface area contributed by atoms with Gasteiger partial charge in [0.25, 0.3) is 0 Å². The molecule has 0 aromatic heterocycles. The molecular formula is C13H28N2. The molecule has 90 valence electrons. The maximum Gasteiger partial charge on any atom is 0.00529 e. The van der Waals surface area contributed by atoms with Gasteiger partial charge in [-0.3, -0.25) is 0 Å². The van der Waals surface area contributed by atoms with Crippen molar-refractivity contribution in [3.05, 3.63) is 0 Å². The fourth-order valence-electron chi connectivity index (χ4n) is 2.46. The van der Waals surface area contributed by atoms with Crippen molar-refractivity contribution < 1.29 is 0 Å². The molecule has 0 aromatic rings. The van der Waals surface area contributed by atoms with Crippen molar-refractivity contribution in [2.75, 3.05) is 19.6 Å². The van der Waals surface area contributed by atoms with Crippen molar-refractivity contribution in [2.24, 2.45) is 17.1 Å². The van der Waals surface area contributed by atoms with Crippen molar-refractivity contribution in [1.82, 2.24) is 4.90 Å². The number of rotatable bonds is 6. The molecule has 15 heavy (non-hydrogen) atoms. The Balaban J connectivity index is 2.49. The minimum absolute atomic E-state index is 0.457. The lowest BCUT2D eigenvalue weighted by molar-refractivity contribution is 0.0524. The van der Waals surface area contributed by atoms with Gasteiger partial charge in [0.15, 0.2) is 0 Å². The van der Waals surface area contributed by atoms with Gasteiger partial charge in [-0.1, -0.05) is 20.3 Å². The van der Waals surface area contributed by atoms with Crippen molar-refractivity contribution in [2.45, 2.75) is 53.0 Å². The Morgan fingerprint density at radius 2 is 1.80 bits per heavy atom. The Morgan fingerprint density at radius 1 is 1.20 bits per heavy atom. The van der Waals surface area contributed by atoms with E-state index in [0.29, 0.717) is 11.5 Å². The second-order valence-corrected chi connectivity index (χ2v) is 5.97. The SMILES string of the molecule is CC(C)CN(CC1(CN)CCC1)C(C)C. The summed E-state index contributed by atoms with van der Waals surface area (Å²) in [5.41, 5.74) is 6.38. The predicted molar refractivity (Wildman–Crippen MR) is 66.9 cm³/mol. The van der Waals surface area contributed by atoms with E-state index in [9.17, 15) is 0 Å². The van der Waals surface area contributed by atoms with E-state index >= 15 is 0 Å². The second-order valence-electron chi connectivity index (χ2n) is 5.97. The van der Waals surface area contributed by atoms with Gasteiger partial charge < -0.3 is 10.6 Å². The van der Waals surface area contributed by atoms with Gasteiger partial charge in [-0.25, -0.2) is 0 Å². The highest BCUT2D eigenvalue weighted by Crippen LogP contribution is 2.40. The van der Waals surface area contributed by atoms with Gasteiger partial charge in [-0.05, 0) is 44.6 Å². The molecule has 0 aromatic carbocycles. The summed E-state index contributed by atoms with van der Waals surface area (Å²) in [5.74, 6) is 0.752. The van der Waals surface area contributed by atoms with Crippen LogP contribution in [0, 0.1) is 11.3 Å². The normalized spacial score (nSPS) is 20.0. The van der Waals surface area contributed by atoms with Crippen molar-refractivity contribution in [1.29, 1.82) is 0 Å². The molecule has 2 heteroatoms. The molecule has 2 N–H and O–H groups in total. The molecule has 1 saturated carbocycles. The van der Waals surface area contributed by atoms with Crippen LogP contribution in [0.15, 0.2) is 0 Å². The Morgan fingerprint density at radius 3 is 2.07 bits per heavy atom. The van der Waals surface area contributed by atoms with E-state index in [1.54, 1.807) is 0 Å². The van der Waals surface area contributed by atoms with Crippen LogP contribution in [0.5, 0.6) is 0 Å². The summed E-state index contributed by atoms with van der Waals surface area (Å²) >= 11 is 0. The van der Waals surface area contributed by atoms with E-state index in [-0.39, 0.29) is 0 Å². The zero-order valence-electron chi connectivity index (χ0n) is 10.9. The van der Waals surface area contributed by atoms with Crippen molar-refractivity contribution >= 4 is 0 Å². The van der Waals surface area contributed by atoms with Crippen LogP contribution >= 0.6 is 0 Å². The Hall–Kier alpha value is -0.0800. The molecule has 1 aliphatic rings. The summed E-state index contributed by atoms with van der Waals surface area (Å²) in [6, 6.07) is 0.649. The zero-order chi connectivity index (χ0) is 11.5. The van der Waals surface area contributed by atoms with E-state index in [2.05, 4.69) is 32.6 Å². The molecule has 0 spiro atoms. The molecule has 0 amide bonds. The van der Waals surface area contributed by atoms with E-state index in [1.807, 2.05) is 0 Å². The maximum absolute atomic E-state index is 5.92. The van der Waals surface area contributed by atoms with E-state index < -0.39 is 0 Å². The number of nitrogens with two attached hydrogens (primary N) is 1. The third kappa shape index (κ3) is 3.46. The first kappa shape index (κ1) is 13.0. The lowest BCUT2D eigenvalue weighted by atomic mass is 9.68. The molecule has 0 saturated heterocycles. The number of hydrogen-bond donors (Lipinski definition) is 1. The molecule has 0 aliphatic heterocycles. The van der Waals surface area contributed by atoms with Crippen molar-refractivity contribution in [3.8, 4) is 0 Å². The van der Waals surface area contributed by atoms with Gasteiger partial charge >= 0.3 is 0 Å². The molecule has 0 unspecified atom stereocenters. The van der Waals surface area contributed by atoms with Crippen LogP contribution in [0.25, 0.3) is 0 Å². The van der Waals surface area contributed by atoms with Crippen LogP contribution < -0.4 is 5.73 Å². The molecular weight excluding hydrogens is 184 g/mol. The van der Waals surface area contributed by atoms with Crippen LogP contribution in [0.1, 0.15) is 47.0 Å². The molecule has 1 rings (SSSR count). The summed E-state index contributed by atoms with van der Waals surface area (Å²) in [4.78, 5) is 2.61. The molecule has 0 heterocycles. The monoisotopic (exact) mass is 212 g/mol. The maximum atomic E-state index is 5.92. The second kappa shape index (κ2) is 5.31. The first-order valence-corrected chi connectivity index (χ1v) is 6.43. The molecule has 1 fully saturated rings. The summed E-state index contributed by atoms with van der Waals surface area (Å²) in [6.07, 6.45) is 4.06. The first-order valence-electron chi connectivity index (χ1n) is 6.43. The highest BCUT2D eigenvalue weighted by atomic mass is 15.2. The molecule has 0 bridgehead atoms. The smallest absolute Gasteiger partial charge is 0.00529 e. The minimum Gasteiger partial charge on any atom is -0.330 e. The quantitative estimate of drug-likeness (QED) is 0.733. The predicted octanol–water partition coefficient (Wildman–Crippen LogP) is 2.48. The number of hydrogen-bond acceptors (Lipinski definition) is 2. The third-order valence-corrected chi connectivity index (χ3v) is 3.72. The largest absolute Gasteiger partial charge is 0.330 e. The highest BCUT2D eigenvalue weighted by molar-refractivity contribution is 4.91. The third-order valence-electron chi connectivity index (χ3n) is 3.72. The van der Waals surface area contributed by atoms with E-state index in [1.165, 1.54) is 32.4 Å². The van der Waals surface area contributed by atoms with Gasteiger partial charge in [0.1, 0.15) is 0 Å². The van der Waals surface area contributed by atoms with Crippen molar-refractivity contribution in [3.63, 3.8) is 0 Å². The Labute approximate surface area is 95.2 Å². The average molecular weight is 212 g/mol.